The molecule has 0 saturated heterocycles. The van der Waals surface area contributed by atoms with Gasteiger partial charge >= 0.3 is 0 Å². The third-order valence-corrected chi connectivity index (χ3v) is 5.51. The van der Waals surface area contributed by atoms with Crippen LogP contribution in [0.3, 0.4) is 0 Å². The minimum Gasteiger partial charge on any atom is -0.493 e. The van der Waals surface area contributed by atoms with Gasteiger partial charge in [-0.1, -0.05) is 12.1 Å². The number of Topliss-reactive ketones (excluding diaryl/α,β-unsaturated/α-hetero) is 1. The first-order valence-electron chi connectivity index (χ1n) is 11.0. The van der Waals surface area contributed by atoms with E-state index in [0.29, 0.717) is 71.7 Å². The second kappa shape index (κ2) is 9.84. The Morgan fingerprint density at radius 2 is 1.66 bits per heavy atom. The van der Waals surface area contributed by atoms with Crippen LogP contribution in [0.5, 0.6) is 34.8 Å². The molecule has 0 spiro atoms. The Bertz CT molecular complexity index is 1370. The quantitative estimate of drug-likeness (QED) is 0.376. The van der Waals surface area contributed by atoms with Crippen molar-refractivity contribution >= 4 is 16.7 Å². The number of aromatic nitrogens is 3. The smallest absolute Gasteiger partial charge is 0.234 e. The van der Waals surface area contributed by atoms with Crippen LogP contribution < -0.4 is 23.7 Å². The van der Waals surface area contributed by atoms with Crippen LogP contribution in [-0.4, -0.2) is 48.2 Å². The lowest BCUT2D eigenvalue weighted by Gasteiger charge is -2.22. The minimum atomic E-state index is 0.0893. The van der Waals surface area contributed by atoms with Crippen molar-refractivity contribution in [1.82, 2.24) is 15.0 Å². The third kappa shape index (κ3) is 4.79. The summed E-state index contributed by atoms with van der Waals surface area (Å²) in [7, 11) is 3.12. The molecule has 9 heteroatoms. The summed E-state index contributed by atoms with van der Waals surface area (Å²) in [5.41, 5.74) is 2.37. The van der Waals surface area contributed by atoms with Gasteiger partial charge in [0.05, 0.1) is 19.7 Å². The van der Waals surface area contributed by atoms with Crippen LogP contribution in [0.4, 0.5) is 0 Å². The highest BCUT2D eigenvalue weighted by atomic mass is 16.6. The van der Waals surface area contributed by atoms with Crippen LogP contribution in [0.25, 0.3) is 10.9 Å². The van der Waals surface area contributed by atoms with E-state index in [0.717, 1.165) is 11.1 Å². The standard InChI is InChI=1S/C26H23N3O6/c1-31-21-14-20-23(25-24(21)33-9-10-34-25)26(29-15-28-20)35-19-5-3-16(4-6-19)11-18(30)12-17-7-8-27-22(13-17)32-2/h3-8,13-15H,9-12H2,1-2H3. The summed E-state index contributed by atoms with van der Waals surface area (Å²) in [5, 5.41) is 0.607. The highest BCUT2D eigenvalue weighted by Crippen LogP contribution is 2.47. The normalized spacial score (nSPS) is 12.3. The topological polar surface area (TPSA) is 102 Å². The van der Waals surface area contributed by atoms with E-state index in [1.165, 1.54) is 6.33 Å². The molecule has 0 aliphatic carbocycles. The summed E-state index contributed by atoms with van der Waals surface area (Å²) < 4.78 is 28.3. The third-order valence-electron chi connectivity index (χ3n) is 5.51. The molecule has 0 saturated carbocycles. The van der Waals surface area contributed by atoms with Crippen LogP contribution in [0.2, 0.25) is 0 Å². The number of ketones is 1. The van der Waals surface area contributed by atoms with Crippen molar-refractivity contribution in [3.05, 3.63) is 66.1 Å². The zero-order chi connectivity index (χ0) is 24.2. The molecule has 0 radical (unpaired) electrons. The molecule has 0 bridgehead atoms. The average molecular weight is 473 g/mol. The van der Waals surface area contributed by atoms with Crippen LogP contribution in [-0.2, 0) is 17.6 Å². The lowest BCUT2D eigenvalue weighted by atomic mass is 10.0. The summed E-state index contributed by atoms with van der Waals surface area (Å²) >= 11 is 0. The lowest BCUT2D eigenvalue weighted by molar-refractivity contribution is -0.117. The predicted octanol–water partition coefficient (Wildman–Crippen LogP) is 3.96. The van der Waals surface area contributed by atoms with Crippen LogP contribution in [0.15, 0.2) is 55.0 Å². The number of fused-ring (bicyclic) bond motifs is 3. The van der Waals surface area contributed by atoms with Gasteiger partial charge in [0.15, 0.2) is 11.5 Å². The molecule has 4 aromatic rings. The number of hydrogen-bond acceptors (Lipinski definition) is 9. The molecule has 178 valence electrons. The maximum atomic E-state index is 12.5. The molecule has 0 N–H and O–H groups in total. The number of benzene rings is 2. The highest BCUT2D eigenvalue weighted by molar-refractivity contribution is 5.94. The largest absolute Gasteiger partial charge is 0.493 e. The first kappa shape index (κ1) is 22.4. The second-order valence-corrected chi connectivity index (χ2v) is 7.85. The molecule has 9 nitrogen and oxygen atoms in total. The van der Waals surface area contributed by atoms with Gasteiger partial charge in [0.25, 0.3) is 0 Å². The summed E-state index contributed by atoms with van der Waals surface area (Å²) in [4.78, 5) is 25.3. The lowest BCUT2D eigenvalue weighted by Crippen LogP contribution is -2.16. The monoisotopic (exact) mass is 473 g/mol. The maximum Gasteiger partial charge on any atom is 0.234 e. The molecule has 0 unspecified atom stereocenters. The zero-order valence-corrected chi connectivity index (χ0v) is 19.3. The van der Waals surface area contributed by atoms with Gasteiger partial charge < -0.3 is 23.7 Å². The summed E-state index contributed by atoms with van der Waals surface area (Å²) in [6.07, 6.45) is 3.67. The van der Waals surface area contributed by atoms with Crippen molar-refractivity contribution in [3.8, 4) is 34.8 Å². The predicted molar refractivity (Wildman–Crippen MR) is 127 cm³/mol. The van der Waals surface area contributed by atoms with Crippen molar-refractivity contribution < 1.29 is 28.5 Å². The number of pyridine rings is 1. The number of carbonyl (C=O) groups is 1. The van der Waals surface area contributed by atoms with E-state index >= 15 is 0 Å². The Hall–Kier alpha value is -4.40. The number of ether oxygens (including phenoxy) is 5. The Balaban J connectivity index is 1.33. The molecule has 35 heavy (non-hydrogen) atoms. The first-order valence-corrected chi connectivity index (χ1v) is 11.0. The summed E-state index contributed by atoms with van der Waals surface area (Å²) in [6.45, 7) is 0.826. The maximum absolute atomic E-state index is 12.5. The molecule has 5 rings (SSSR count). The van der Waals surface area contributed by atoms with Gasteiger partial charge in [-0.2, -0.15) is 0 Å². The molecule has 0 fully saturated rings. The van der Waals surface area contributed by atoms with E-state index in [9.17, 15) is 4.79 Å². The van der Waals surface area contributed by atoms with Gasteiger partial charge in [0.2, 0.25) is 17.5 Å². The van der Waals surface area contributed by atoms with Crippen LogP contribution in [0, 0.1) is 0 Å². The van der Waals surface area contributed by atoms with Gasteiger partial charge in [-0.15, -0.1) is 0 Å². The van der Waals surface area contributed by atoms with Gasteiger partial charge in [0, 0.05) is 31.2 Å². The number of hydrogen-bond donors (Lipinski definition) is 0. The molecule has 2 aromatic heterocycles. The van der Waals surface area contributed by atoms with Crippen LogP contribution in [0.1, 0.15) is 11.1 Å². The van der Waals surface area contributed by atoms with E-state index in [4.69, 9.17) is 23.7 Å². The molecule has 3 heterocycles. The van der Waals surface area contributed by atoms with Crippen molar-refractivity contribution in [2.75, 3.05) is 27.4 Å². The van der Waals surface area contributed by atoms with Crippen molar-refractivity contribution in [2.45, 2.75) is 12.8 Å². The molecule has 2 aromatic carbocycles. The number of rotatable bonds is 8. The van der Waals surface area contributed by atoms with E-state index in [-0.39, 0.29) is 5.78 Å². The number of methoxy groups -OCH3 is 2. The fraction of sp³-hybridized carbons (Fsp3) is 0.231. The molecule has 0 atom stereocenters. The molecule has 1 aliphatic rings. The van der Waals surface area contributed by atoms with Gasteiger partial charge in [0.1, 0.15) is 36.5 Å². The summed E-state index contributed by atoms with van der Waals surface area (Å²) in [5.74, 6) is 3.03. The minimum absolute atomic E-state index is 0.0893. The van der Waals surface area contributed by atoms with Crippen molar-refractivity contribution in [1.29, 1.82) is 0 Å². The van der Waals surface area contributed by atoms with E-state index < -0.39 is 0 Å². The van der Waals surface area contributed by atoms with E-state index in [2.05, 4.69) is 15.0 Å². The number of carbonyl (C=O) groups excluding carboxylic acids is 1. The summed E-state index contributed by atoms with van der Waals surface area (Å²) in [6, 6.07) is 12.7. The average Bonchev–Trinajstić information content (AvgIpc) is 2.89. The van der Waals surface area contributed by atoms with Gasteiger partial charge in [-0.25, -0.2) is 15.0 Å². The van der Waals surface area contributed by atoms with Crippen LogP contribution >= 0.6 is 0 Å². The Labute approximate surface area is 201 Å². The number of nitrogens with zero attached hydrogens (tertiary/aromatic N) is 3. The molecular formula is C26H23N3O6. The van der Waals surface area contributed by atoms with Gasteiger partial charge in [-0.3, -0.25) is 4.79 Å². The highest BCUT2D eigenvalue weighted by Gasteiger charge is 2.25. The first-order chi connectivity index (χ1) is 17.1. The fourth-order valence-electron chi connectivity index (χ4n) is 3.89. The Kier molecular flexibility index (Phi) is 6.30. The van der Waals surface area contributed by atoms with Gasteiger partial charge in [-0.05, 0) is 29.3 Å². The van der Waals surface area contributed by atoms with Crippen molar-refractivity contribution in [3.63, 3.8) is 0 Å². The Morgan fingerprint density at radius 1 is 0.886 bits per heavy atom. The van der Waals surface area contributed by atoms with Crippen molar-refractivity contribution in [2.24, 2.45) is 0 Å². The fourth-order valence-corrected chi connectivity index (χ4v) is 3.89. The molecule has 0 amide bonds. The Morgan fingerprint density at radius 3 is 2.43 bits per heavy atom. The zero-order valence-electron chi connectivity index (χ0n) is 19.3. The van der Waals surface area contributed by atoms with E-state index in [1.54, 1.807) is 44.7 Å². The second-order valence-electron chi connectivity index (χ2n) is 7.85. The van der Waals surface area contributed by atoms with E-state index in [1.807, 2.05) is 18.2 Å². The molecular weight excluding hydrogens is 450 g/mol. The SMILES string of the molecule is COc1cc(CC(=O)Cc2ccc(Oc3ncnc4cc(OC)c5c(c34)OCCO5)cc2)ccn1. The molecule has 1 aliphatic heterocycles.